The SMILES string of the molecule is Oc1ccc(Sc2ccc3ccccc3n2)cc1. The lowest BCUT2D eigenvalue weighted by Gasteiger charge is -2.03. The fourth-order valence-electron chi connectivity index (χ4n) is 1.74. The Labute approximate surface area is 109 Å². The smallest absolute Gasteiger partial charge is 0.115 e. The van der Waals surface area contributed by atoms with Crippen LogP contribution in [-0.4, -0.2) is 10.1 Å². The number of rotatable bonds is 2. The van der Waals surface area contributed by atoms with Gasteiger partial charge in [-0.2, -0.15) is 0 Å². The maximum Gasteiger partial charge on any atom is 0.115 e. The van der Waals surface area contributed by atoms with Gasteiger partial charge in [0.05, 0.1) is 5.52 Å². The van der Waals surface area contributed by atoms with Crippen molar-refractivity contribution in [3.8, 4) is 5.75 Å². The molecule has 3 aromatic rings. The van der Waals surface area contributed by atoms with Crippen molar-refractivity contribution >= 4 is 22.7 Å². The predicted molar refractivity (Wildman–Crippen MR) is 74.0 cm³/mol. The summed E-state index contributed by atoms with van der Waals surface area (Å²) in [5.41, 5.74) is 1.00. The molecule has 0 aliphatic heterocycles. The molecule has 0 amide bonds. The van der Waals surface area contributed by atoms with E-state index in [4.69, 9.17) is 0 Å². The Hall–Kier alpha value is -2.00. The number of benzene rings is 2. The topological polar surface area (TPSA) is 33.1 Å². The lowest BCUT2D eigenvalue weighted by atomic mass is 10.2. The molecule has 0 aliphatic carbocycles. The maximum absolute atomic E-state index is 9.24. The van der Waals surface area contributed by atoms with Crippen molar-refractivity contribution in [3.63, 3.8) is 0 Å². The molecule has 0 spiro atoms. The number of hydrogen-bond acceptors (Lipinski definition) is 3. The number of para-hydroxylation sites is 1. The number of pyridine rings is 1. The molecule has 18 heavy (non-hydrogen) atoms. The minimum atomic E-state index is 0.283. The molecule has 0 fully saturated rings. The van der Waals surface area contributed by atoms with Crippen LogP contribution >= 0.6 is 11.8 Å². The van der Waals surface area contributed by atoms with E-state index in [1.165, 1.54) is 0 Å². The first-order valence-corrected chi connectivity index (χ1v) is 6.45. The van der Waals surface area contributed by atoms with Crippen LogP contribution < -0.4 is 0 Å². The van der Waals surface area contributed by atoms with E-state index in [2.05, 4.69) is 17.1 Å². The van der Waals surface area contributed by atoms with E-state index in [1.54, 1.807) is 23.9 Å². The molecule has 0 unspecified atom stereocenters. The van der Waals surface area contributed by atoms with E-state index in [9.17, 15) is 5.11 Å². The van der Waals surface area contributed by atoms with Gasteiger partial charge in [0.1, 0.15) is 10.8 Å². The van der Waals surface area contributed by atoms with Crippen LogP contribution in [0, 0.1) is 0 Å². The molecule has 2 aromatic carbocycles. The summed E-state index contributed by atoms with van der Waals surface area (Å²) in [6.45, 7) is 0. The van der Waals surface area contributed by atoms with Crippen LogP contribution in [0.5, 0.6) is 5.75 Å². The van der Waals surface area contributed by atoms with E-state index in [-0.39, 0.29) is 5.75 Å². The molecular weight excluding hydrogens is 242 g/mol. The monoisotopic (exact) mass is 253 g/mol. The summed E-state index contributed by atoms with van der Waals surface area (Å²) in [7, 11) is 0. The van der Waals surface area contributed by atoms with Gasteiger partial charge in [0.2, 0.25) is 0 Å². The molecule has 3 rings (SSSR count). The fraction of sp³-hybridized carbons (Fsp3) is 0. The van der Waals surface area contributed by atoms with Crippen molar-refractivity contribution in [2.45, 2.75) is 9.92 Å². The zero-order chi connectivity index (χ0) is 12.4. The van der Waals surface area contributed by atoms with E-state index in [1.807, 2.05) is 36.4 Å². The summed E-state index contributed by atoms with van der Waals surface area (Å²) in [5.74, 6) is 0.283. The van der Waals surface area contributed by atoms with Gasteiger partial charge in [0.15, 0.2) is 0 Å². The predicted octanol–water partition coefficient (Wildman–Crippen LogP) is 4.09. The molecule has 0 aliphatic rings. The van der Waals surface area contributed by atoms with Crippen LogP contribution in [-0.2, 0) is 0 Å². The van der Waals surface area contributed by atoms with Gasteiger partial charge in [-0.25, -0.2) is 4.98 Å². The van der Waals surface area contributed by atoms with Crippen molar-refractivity contribution in [2.24, 2.45) is 0 Å². The third-order valence-corrected chi connectivity index (χ3v) is 3.58. The summed E-state index contributed by atoms with van der Waals surface area (Å²) < 4.78 is 0. The first kappa shape index (κ1) is 11.1. The second kappa shape index (κ2) is 4.70. The van der Waals surface area contributed by atoms with Crippen LogP contribution in [0.4, 0.5) is 0 Å². The van der Waals surface area contributed by atoms with Gasteiger partial charge < -0.3 is 5.11 Å². The highest BCUT2D eigenvalue weighted by Crippen LogP contribution is 2.28. The lowest BCUT2D eigenvalue weighted by Crippen LogP contribution is -1.82. The molecule has 1 N–H and O–H groups in total. The van der Waals surface area contributed by atoms with Gasteiger partial charge in [0, 0.05) is 10.3 Å². The quantitative estimate of drug-likeness (QED) is 0.746. The van der Waals surface area contributed by atoms with Crippen molar-refractivity contribution < 1.29 is 5.11 Å². The molecule has 1 heterocycles. The molecule has 0 saturated carbocycles. The average Bonchev–Trinajstić information content (AvgIpc) is 2.41. The summed E-state index contributed by atoms with van der Waals surface area (Å²) in [4.78, 5) is 5.66. The average molecular weight is 253 g/mol. The Morgan fingerprint density at radius 2 is 1.61 bits per heavy atom. The van der Waals surface area contributed by atoms with Crippen LogP contribution in [0.15, 0.2) is 70.6 Å². The van der Waals surface area contributed by atoms with Gasteiger partial charge in [-0.1, -0.05) is 36.0 Å². The van der Waals surface area contributed by atoms with Crippen molar-refractivity contribution in [1.82, 2.24) is 4.98 Å². The molecule has 0 atom stereocenters. The Kier molecular flexibility index (Phi) is 2.90. The summed E-state index contributed by atoms with van der Waals surface area (Å²) in [6, 6.07) is 19.3. The molecule has 0 bridgehead atoms. The number of nitrogens with zero attached hydrogens (tertiary/aromatic N) is 1. The number of phenolic OH excluding ortho intramolecular Hbond substituents is 1. The lowest BCUT2D eigenvalue weighted by molar-refractivity contribution is 0.475. The van der Waals surface area contributed by atoms with Crippen molar-refractivity contribution in [3.05, 3.63) is 60.7 Å². The van der Waals surface area contributed by atoms with Crippen LogP contribution in [0.25, 0.3) is 10.9 Å². The third-order valence-electron chi connectivity index (χ3n) is 2.63. The van der Waals surface area contributed by atoms with Crippen LogP contribution in [0.3, 0.4) is 0 Å². The van der Waals surface area contributed by atoms with Crippen molar-refractivity contribution in [2.75, 3.05) is 0 Å². The first-order valence-electron chi connectivity index (χ1n) is 5.64. The molecule has 88 valence electrons. The largest absolute Gasteiger partial charge is 0.508 e. The number of aromatic nitrogens is 1. The maximum atomic E-state index is 9.24. The zero-order valence-corrected chi connectivity index (χ0v) is 10.4. The second-order valence-electron chi connectivity index (χ2n) is 3.94. The van der Waals surface area contributed by atoms with Gasteiger partial charge in [-0.3, -0.25) is 0 Å². The minimum absolute atomic E-state index is 0.283. The highest BCUT2D eigenvalue weighted by molar-refractivity contribution is 7.99. The van der Waals surface area contributed by atoms with E-state index in [0.29, 0.717) is 0 Å². The van der Waals surface area contributed by atoms with Gasteiger partial charge in [-0.15, -0.1) is 0 Å². The Morgan fingerprint density at radius 3 is 2.44 bits per heavy atom. The second-order valence-corrected chi connectivity index (χ2v) is 5.03. The normalized spacial score (nSPS) is 10.7. The summed E-state index contributed by atoms with van der Waals surface area (Å²) in [5, 5.41) is 11.3. The molecule has 2 nitrogen and oxygen atoms in total. The highest BCUT2D eigenvalue weighted by Gasteiger charge is 2.00. The Bertz CT molecular complexity index is 679. The minimum Gasteiger partial charge on any atom is -0.508 e. The van der Waals surface area contributed by atoms with E-state index >= 15 is 0 Å². The molecular formula is C15H11NOS. The molecule has 1 aromatic heterocycles. The molecule has 3 heteroatoms. The van der Waals surface area contributed by atoms with Gasteiger partial charge in [-0.05, 0) is 36.4 Å². The number of hydrogen-bond donors (Lipinski definition) is 1. The Morgan fingerprint density at radius 1 is 0.833 bits per heavy atom. The number of fused-ring (bicyclic) bond motifs is 1. The first-order chi connectivity index (χ1) is 8.81. The zero-order valence-electron chi connectivity index (χ0n) is 9.58. The highest BCUT2D eigenvalue weighted by atomic mass is 32.2. The number of aromatic hydroxyl groups is 1. The standard InChI is InChI=1S/C15H11NOS/c17-12-6-8-13(9-7-12)18-15-10-5-11-3-1-2-4-14(11)16-15/h1-10,17H. The summed E-state index contributed by atoms with van der Waals surface area (Å²) >= 11 is 1.59. The van der Waals surface area contributed by atoms with E-state index < -0.39 is 0 Å². The molecule has 0 saturated heterocycles. The van der Waals surface area contributed by atoms with Crippen molar-refractivity contribution in [1.29, 1.82) is 0 Å². The van der Waals surface area contributed by atoms with E-state index in [0.717, 1.165) is 20.8 Å². The van der Waals surface area contributed by atoms with Crippen LogP contribution in [0.2, 0.25) is 0 Å². The van der Waals surface area contributed by atoms with Gasteiger partial charge in [0.25, 0.3) is 0 Å². The number of phenols is 1. The fourth-order valence-corrected chi connectivity index (χ4v) is 2.53. The Balaban J connectivity index is 1.92. The van der Waals surface area contributed by atoms with Crippen LogP contribution in [0.1, 0.15) is 0 Å². The summed E-state index contributed by atoms with van der Waals surface area (Å²) in [6.07, 6.45) is 0. The van der Waals surface area contributed by atoms with Gasteiger partial charge >= 0.3 is 0 Å². The molecule has 0 radical (unpaired) electrons. The third kappa shape index (κ3) is 2.31.